The molecule has 0 heterocycles. The van der Waals surface area contributed by atoms with Gasteiger partial charge < -0.3 is 9.47 Å². The second kappa shape index (κ2) is 5.82. The van der Waals surface area contributed by atoms with Crippen molar-refractivity contribution in [3.63, 3.8) is 0 Å². The molecule has 1 aromatic rings. The van der Waals surface area contributed by atoms with Crippen LogP contribution in [-0.2, 0) is 4.74 Å². The van der Waals surface area contributed by atoms with Gasteiger partial charge in [0.15, 0.2) is 0 Å². The molecule has 0 amide bonds. The summed E-state index contributed by atoms with van der Waals surface area (Å²) in [5.41, 5.74) is -2.16. The zero-order valence-corrected chi connectivity index (χ0v) is 12.2. The van der Waals surface area contributed by atoms with E-state index in [1.165, 1.54) is 6.92 Å². The van der Waals surface area contributed by atoms with Crippen LogP contribution in [0.25, 0.3) is 0 Å². The molecule has 1 rings (SSSR count). The molecule has 0 fully saturated rings. The summed E-state index contributed by atoms with van der Waals surface area (Å²) in [6, 6.07) is 0. The van der Waals surface area contributed by atoms with E-state index in [2.05, 4.69) is 20.7 Å². The van der Waals surface area contributed by atoms with Crippen LogP contribution in [0.3, 0.4) is 0 Å². The van der Waals surface area contributed by atoms with Gasteiger partial charge in [0.1, 0.15) is 4.47 Å². The molecule has 0 unspecified atom stereocenters. The molecule has 0 atom stereocenters. The Kier molecular flexibility index (Phi) is 4.61. The normalized spacial score (nSPS) is 10.0. The molecule has 9 nitrogen and oxygen atoms in total. The average Bonchev–Trinajstić information content (AvgIpc) is 2.39. The summed E-state index contributed by atoms with van der Waals surface area (Å²) in [6.45, 7) is 1.39. The second-order valence-electron chi connectivity index (χ2n) is 3.55. The van der Waals surface area contributed by atoms with Crippen LogP contribution < -0.4 is 4.74 Å². The van der Waals surface area contributed by atoms with Crippen LogP contribution in [0.5, 0.6) is 5.75 Å². The Labute approximate surface area is 120 Å². The van der Waals surface area contributed by atoms with Gasteiger partial charge in [0, 0.05) is 5.56 Å². The molecule has 0 bridgehead atoms. The fraction of sp³-hybridized carbons (Fsp3) is 0.300. The molecule has 0 saturated carbocycles. The van der Waals surface area contributed by atoms with E-state index in [1.807, 2.05) is 0 Å². The van der Waals surface area contributed by atoms with Crippen molar-refractivity contribution >= 4 is 33.3 Å². The van der Waals surface area contributed by atoms with Gasteiger partial charge in [-0.05, 0) is 22.9 Å². The predicted molar refractivity (Wildman–Crippen MR) is 70.1 cm³/mol. The summed E-state index contributed by atoms with van der Waals surface area (Å²) in [6.07, 6.45) is 0. The van der Waals surface area contributed by atoms with Gasteiger partial charge in [0.25, 0.3) is 0 Å². The first kappa shape index (κ1) is 15.8. The van der Waals surface area contributed by atoms with Gasteiger partial charge in [-0.3, -0.25) is 20.2 Å². The van der Waals surface area contributed by atoms with Crippen LogP contribution in [0, 0.1) is 27.2 Å². The number of esters is 1. The molecule has 0 radical (unpaired) electrons. The molecule has 0 aliphatic carbocycles. The van der Waals surface area contributed by atoms with Crippen molar-refractivity contribution < 1.29 is 24.1 Å². The van der Waals surface area contributed by atoms with E-state index in [-0.39, 0.29) is 15.8 Å². The third-order valence-corrected chi connectivity index (χ3v) is 3.50. The van der Waals surface area contributed by atoms with Gasteiger partial charge in [0.2, 0.25) is 11.3 Å². The Morgan fingerprint density at radius 2 is 1.65 bits per heavy atom. The lowest BCUT2D eigenvalue weighted by Crippen LogP contribution is -2.12. The molecule has 0 aromatic heterocycles. The number of benzene rings is 1. The minimum Gasteiger partial charge on any atom is -0.490 e. The summed E-state index contributed by atoms with van der Waals surface area (Å²) >= 11 is 2.95. The van der Waals surface area contributed by atoms with Crippen LogP contribution in [-0.4, -0.2) is 30.0 Å². The Morgan fingerprint density at radius 1 is 1.15 bits per heavy atom. The number of halogens is 1. The van der Waals surface area contributed by atoms with Crippen molar-refractivity contribution in [1.82, 2.24) is 0 Å². The summed E-state index contributed by atoms with van der Waals surface area (Å²) in [4.78, 5) is 32.1. The Morgan fingerprint density at radius 3 is 2.00 bits per heavy atom. The topological polar surface area (TPSA) is 122 Å². The van der Waals surface area contributed by atoms with Crippen molar-refractivity contribution in [3.8, 4) is 5.75 Å². The number of hydrogen-bond acceptors (Lipinski definition) is 7. The van der Waals surface area contributed by atoms with E-state index in [9.17, 15) is 25.0 Å². The van der Waals surface area contributed by atoms with E-state index >= 15 is 0 Å². The number of nitro benzene ring substituents is 2. The second-order valence-corrected chi connectivity index (χ2v) is 4.34. The first-order chi connectivity index (χ1) is 9.27. The number of nitro groups is 2. The third-order valence-electron chi connectivity index (χ3n) is 2.53. The number of nitrogens with zero attached hydrogens (tertiary/aromatic N) is 2. The van der Waals surface area contributed by atoms with Crippen molar-refractivity contribution in [1.29, 1.82) is 0 Å². The average molecular weight is 349 g/mol. The zero-order valence-electron chi connectivity index (χ0n) is 10.6. The lowest BCUT2D eigenvalue weighted by atomic mass is 10.1. The summed E-state index contributed by atoms with van der Waals surface area (Å²) in [5, 5.41) is 22.2. The van der Waals surface area contributed by atoms with E-state index < -0.39 is 32.8 Å². The molecule has 0 aliphatic rings. The van der Waals surface area contributed by atoms with Crippen LogP contribution in [0.2, 0.25) is 0 Å². The van der Waals surface area contributed by atoms with Crippen molar-refractivity contribution in [2.24, 2.45) is 0 Å². The van der Waals surface area contributed by atoms with Gasteiger partial charge in [-0.2, -0.15) is 0 Å². The van der Waals surface area contributed by atoms with Crippen molar-refractivity contribution in [3.05, 3.63) is 35.8 Å². The highest BCUT2D eigenvalue weighted by atomic mass is 79.9. The van der Waals surface area contributed by atoms with E-state index in [0.29, 0.717) is 0 Å². The van der Waals surface area contributed by atoms with Crippen LogP contribution in [0.15, 0.2) is 4.47 Å². The summed E-state index contributed by atoms with van der Waals surface area (Å²) in [5.74, 6) is -1.43. The monoisotopic (exact) mass is 348 g/mol. The van der Waals surface area contributed by atoms with Gasteiger partial charge in [-0.25, -0.2) is 4.79 Å². The van der Waals surface area contributed by atoms with Crippen molar-refractivity contribution in [2.75, 3.05) is 14.2 Å². The van der Waals surface area contributed by atoms with Crippen molar-refractivity contribution in [2.45, 2.75) is 6.92 Å². The number of hydrogen-bond donors (Lipinski definition) is 0. The predicted octanol–water partition coefficient (Wildman–Crippen LogP) is 2.37. The Hall–Kier alpha value is -2.23. The molecule has 10 heteroatoms. The maximum atomic E-state index is 11.7. The smallest absolute Gasteiger partial charge is 0.352 e. The molecule has 0 aliphatic heterocycles. The van der Waals surface area contributed by atoms with Gasteiger partial charge >= 0.3 is 17.3 Å². The van der Waals surface area contributed by atoms with E-state index in [4.69, 9.17) is 4.74 Å². The lowest BCUT2D eigenvalue weighted by molar-refractivity contribution is -0.395. The minimum absolute atomic E-state index is 0.0784. The number of carbonyl (C=O) groups excluding carboxylic acids is 1. The number of rotatable bonds is 4. The minimum atomic E-state index is -1.19. The third kappa shape index (κ3) is 2.41. The standard InChI is InChI=1S/C10H9BrN2O7/c1-4-6(11)7(12(15)16)5(10(14)20-3)8(13(17)18)9(4)19-2/h1-3H3. The molecule has 1 aromatic carbocycles. The highest BCUT2D eigenvalue weighted by Gasteiger charge is 2.40. The lowest BCUT2D eigenvalue weighted by Gasteiger charge is -2.11. The van der Waals surface area contributed by atoms with Crippen LogP contribution in [0.1, 0.15) is 15.9 Å². The molecule has 20 heavy (non-hydrogen) atoms. The van der Waals surface area contributed by atoms with Crippen LogP contribution in [0.4, 0.5) is 11.4 Å². The zero-order chi connectivity index (χ0) is 15.6. The quantitative estimate of drug-likeness (QED) is 0.464. The highest BCUT2D eigenvalue weighted by Crippen LogP contribution is 2.45. The fourth-order valence-electron chi connectivity index (χ4n) is 1.68. The Balaban J connectivity index is 4.01. The summed E-state index contributed by atoms with van der Waals surface area (Å²) in [7, 11) is 2.13. The number of ether oxygens (including phenoxy) is 2. The highest BCUT2D eigenvalue weighted by molar-refractivity contribution is 9.10. The number of methoxy groups -OCH3 is 2. The van der Waals surface area contributed by atoms with Gasteiger partial charge in [0.05, 0.1) is 24.1 Å². The largest absolute Gasteiger partial charge is 0.490 e. The summed E-state index contributed by atoms with van der Waals surface area (Å²) < 4.78 is 9.20. The van der Waals surface area contributed by atoms with Crippen LogP contribution >= 0.6 is 15.9 Å². The maximum absolute atomic E-state index is 11.7. The number of carbonyl (C=O) groups is 1. The maximum Gasteiger partial charge on any atom is 0.352 e. The molecular formula is C10H9BrN2O7. The fourth-order valence-corrected chi connectivity index (χ4v) is 2.20. The molecular weight excluding hydrogens is 340 g/mol. The van der Waals surface area contributed by atoms with E-state index in [1.54, 1.807) is 0 Å². The molecule has 0 saturated heterocycles. The molecule has 0 N–H and O–H groups in total. The SMILES string of the molecule is COC(=O)c1c([N+](=O)[O-])c(Br)c(C)c(OC)c1[N+](=O)[O-]. The molecule has 108 valence electrons. The van der Waals surface area contributed by atoms with Gasteiger partial charge in [-0.1, -0.05) is 0 Å². The Bertz CT molecular complexity index is 614. The first-order valence-corrected chi connectivity index (χ1v) is 5.84. The first-order valence-electron chi connectivity index (χ1n) is 5.05. The van der Waals surface area contributed by atoms with E-state index in [0.717, 1.165) is 14.2 Å². The molecule has 0 spiro atoms. The van der Waals surface area contributed by atoms with Gasteiger partial charge in [-0.15, -0.1) is 0 Å².